The smallest absolute Gasteiger partial charge is 0.382 e. The van der Waals surface area contributed by atoms with Gasteiger partial charge in [-0.05, 0) is 48.7 Å². The maximum atomic E-state index is 13.6. The molecule has 0 aliphatic carbocycles. The van der Waals surface area contributed by atoms with E-state index in [-0.39, 0.29) is 17.4 Å². The summed E-state index contributed by atoms with van der Waals surface area (Å²) in [5.74, 6) is -1.70. The topological polar surface area (TPSA) is 62.7 Å². The van der Waals surface area contributed by atoms with Crippen molar-refractivity contribution in [1.29, 1.82) is 0 Å². The van der Waals surface area contributed by atoms with E-state index in [1.807, 2.05) is 0 Å². The van der Waals surface area contributed by atoms with Crippen molar-refractivity contribution in [2.75, 3.05) is 23.8 Å². The molecule has 0 aromatic heterocycles. The first-order chi connectivity index (χ1) is 14.3. The number of rotatable bonds is 4. The van der Waals surface area contributed by atoms with Gasteiger partial charge in [0.05, 0.1) is 11.3 Å². The van der Waals surface area contributed by atoms with Gasteiger partial charge in [-0.3, -0.25) is 9.79 Å². The normalized spacial score (nSPS) is 19.7. The Kier molecular flexibility index (Phi) is 5.46. The van der Waals surface area contributed by atoms with Gasteiger partial charge in [-0.2, -0.15) is 13.2 Å². The number of ether oxygens (including phenoxy) is 1. The highest BCUT2D eigenvalue weighted by molar-refractivity contribution is 6.12. The van der Waals surface area contributed by atoms with Crippen molar-refractivity contribution in [3.05, 3.63) is 53.3 Å². The number of halogens is 4. The number of nitrogens with zero attached hydrogens (tertiary/aromatic N) is 1. The summed E-state index contributed by atoms with van der Waals surface area (Å²) in [4.78, 5) is 16.2. The number of anilines is 2. The zero-order chi connectivity index (χ0) is 21.3. The van der Waals surface area contributed by atoms with Crippen molar-refractivity contribution in [3.63, 3.8) is 0 Å². The highest BCUT2D eigenvalue weighted by Crippen LogP contribution is 2.38. The number of carbonyl (C=O) groups excluding carboxylic acids is 1. The van der Waals surface area contributed by atoms with Gasteiger partial charge in [0.15, 0.2) is 0 Å². The molecule has 30 heavy (non-hydrogen) atoms. The summed E-state index contributed by atoms with van der Waals surface area (Å²) < 4.78 is 59.4. The van der Waals surface area contributed by atoms with Gasteiger partial charge in [0.25, 0.3) is 0 Å². The van der Waals surface area contributed by atoms with Crippen LogP contribution in [0.25, 0.3) is 0 Å². The zero-order valence-corrected chi connectivity index (χ0v) is 15.8. The van der Waals surface area contributed by atoms with Crippen molar-refractivity contribution >= 4 is 29.2 Å². The molecule has 5 nitrogen and oxygen atoms in total. The van der Waals surface area contributed by atoms with E-state index in [4.69, 9.17) is 4.74 Å². The number of benzene rings is 2. The predicted molar refractivity (Wildman–Crippen MR) is 105 cm³/mol. The first-order valence-corrected chi connectivity index (χ1v) is 9.51. The summed E-state index contributed by atoms with van der Waals surface area (Å²) in [6, 6.07) is 7.55. The van der Waals surface area contributed by atoms with E-state index in [0.29, 0.717) is 37.3 Å². The summed E-state index contributed by atoms with van der Waals surface area (Å²) in [6.45, 7) is 1.02. The average molecular weight is 421 g/mol. The van der Waals surface area contributed by atoms with Crippen LogP contribution in [0.4, 0.5) is 34.6 Å². The van der Waals surface area contributed by atoms with E-state index in [9.17, 15) is 22.4 Å². The molecule has 1 amide bonds. The third-order valence-corrected chi connectivity index (χ3v) is 5.15. The monoisotopic (exact) mass is 421 g/mol. The molecule has 158 valence electrons. The Morgan fingerprint density at radius 1 is 1.13 bits per heavy atom. The number of carbonyl (C=O) groups is 1. The van der Waals surface area contributed by atoms with E-state index >= 15 is 0 Å². The van der Waals surface area contributed by atoms with E-state index in [1.165, 1.54) is 36.5 Å². The maximum Gasteiger partial charge on any atom is 0.418 e. The van der Waals surface area contributed by atoms with E-state index < -0.39 is 29.4 Å². The third-order valence-electron chi connectivity index (χ3n) is 5.15. The van der Waals surface area contributed by atoms with Crippen LogP contribution in [0.15, 0.2) is 41.4 Å². The lowest BCUT2D eigenvalue weighted by Crippen LogP contribution is -2.28. The van der Waals surface area contributed by atoms with Crippen LogP contribution in [-0.2, 0) is 15.7 Å². The minimum Gasteiger partial charge on any atom is -0.382 e. The van der Waals surface area contributed by atoms with Crippen LogP contribution >= 0.6 is 0 Å². The molecule has 1 unspecified atom stereocenters. The van der Waals surface area contributed by atoms with Gasteiger partial charge in [0.2, 0.25) is 5.91 Å². The molecule has 1 atom stereocenters. The average Bonchev–Trinajstić information content (AvgIpc) is 3.01. The highest BCUT2D eigenvalue weighted by Gasteiger charge is 2.35. The molecule has 2 aromatic carbocycles. The molecule has 2 aliphatic rings. The predicted octanol–water partition coefficient (Wildman–Crippen LogP) is 4.87. The van der Waals surface area contributed by atoms with Crippen LogP contribution < -0.4 is 10.6 Å². The lowest BCUT2D eigenvalue weighted by Gasteiger charge is -2.26. The van der Waals surface area contributed by atoms with E-state index in [2.05, 4.69) is 15.6 Å². The van der Waals surface area contributed by atoms with Gasteiger partial charge in [-0.25, -0.2) is 4.39 Å². The number of hydrogen-bond acceptors (Lipinski definition) is 4. The van der Waals surface area contributed by atoms with Crippen LogP contribution in [0.2, 0.25) is 0 Å². The molecule has 2 aromatic rings. The Morgan fingerprint density at radius 2 is 1.90 bits per heavy atom. The zero-order valence-electron chi connectivity index (χ0n) is 15.8. The van der Waals surface area contributed by atoms with Crippen LogP contribution in [-0.4, -0.2) is 31.4 Å². The second kappa shape index (κ2) is 8.06. The SMILES string of the molecule is O=C1Nc2cc(F)ccc2C1C=Nc1ccc(NC2CCOCC2)c(C(F)(F)F)c1. The summed E-state index contributed by atoms with van der Waals surface area (Å²) in [6.07, 6.45) is -2.02. The lowest BCUT2D eigenvalue weighted by atomic mass is 10.0. The van der Waals surface area contributed by atoms with Crippen LogP contribution in [0.3, 0.4) is 0 Å². The molecule has 2 heterocycles. The molecular formula is C21H19F4N3O2. The van der Waals surface area contributed by atoms with Crippen molar-refractivity contribution in [2.45, 2.75) is 31.0 Å². The van der Waals surface area contributed by atoms with Gasteiger partial charge in [-0.1, -0.05) is 6.07 Å². The Bertz CT molecular complexity index is 985. The summed E-state index contributed by atoms with van der Waals surface area (Å²) in [5, 5.41) is 5.50. The molecule has 1 fully saturated rings. The molecule has 1 saturated heterocycles. The van der Waals surface area contributed by atoms with E-state index in [1.54, 1.807) is 0 Å². The maximum absolute atomic E-state index is 13.6. The molecule has 0 bridgehead atoms. The van der Waals surface area contributed by atoms with Gasteiger partial charge in [0, 0.05) is 36.8 Å². The first-order valence-electron chi connectivity index (χ1n) is 9.51. The fourth-order valence-electron chi connectivity index (χ4n) is 3.60. The standard InChI is InChI=1S/C21H19F4N3O2/c22-12-1-3-15-16(20(29)28-19(15)9-12)11-26-14-2-4-18(17(10-14)21(23,24)25)27-13-5-7-30-8-6-13/h1-4,9-11,13,16,27H,5-8H2,(H,28,29). The summed E-state index contributed by atoms with van der Waals surface area (Å²) in [7, 11) is 0. The fraction of sp³-hybridized carbons (Fsp3) is 0.333. The molecule has 0 spiro atoms. The Balaban J connectivity index is 1.58. The van der Waals surface area contributed by atoms with Crippen molar-refractivity contribution in [3.8, 4) is 0 Å². The summed E-state index contributed by atoms with van der Waals surface area (Å²) >= 11 is 0. The van der Waals surface area contributed by atoms with Crippen molar-refractivity contribution in [2.24, 2.45) is 4.99 Å². The third kappa shape index (κ3) is 4.30. The van der Waals surface area contributed by atoms with E-state index in [0.717, 1.165) is 6.07 Å². The Labute approximate surface area is 170 Å². The van der Waals surface area contributed by atoms with Crippen molar-refractivity contribution < 1.29 is 27.1 Å². The number of fused-ring (bicyclic) bond motifs is 1. The molecule has 9 heteroatoms. The minimum absolute atomic E-state index is 0.00668. The van der Waals surface area contributed by atoms with Gasteiger partial charge < -0.3 is 15.4 Å². The minimum atomic E-state index is -4.56. The number of amides is 1. The molecular weight excluding hydrogens is 402 g/mol. The number of nitrogens with one attached hydrogen (secondary N) is 2. The van der Waals surface area contributed by atoms with Crippen LogP contribution in [0.1, 0.15) is 29.9 Å². The molecule has 4 rings (SSSR count). The van der Waals surface area contributed by atoms with Gasteiger partial charge in [0.1, 0.15) is 11.7 Å². The van der Waals surface area contributed by atoms with Crippen molar-refractivity contribution in [1.82, 2.24) is 0 Å². The molecule has 2 N–H and O–H groups in total. The fourth-order valence-corrected chi connectivity index (χ4v) is 3.60. The largest absolute Gasteiger partial charge is 0.418 e. The molecule has 2 aliphatic heterocycles. The Hall–Kier alpha value is -2.94. The second-order valence-corrected chi connectivity index (χ2v) is 7.24. The van der Waals surface area contributed by atoms with Gasteiger partial charge in [-0.15, -0.1) is 0 Å². The van der Waals surface area contributed by atoms with Crippen LogP contribution in [0.5, 0.6) is 0 Å². The lowest BCUT2D eigenvalue weighted by molar-refractivity contribution is -0.137. The van der Waals surface area contributed by atoms with Gasteiger partial charge >= 0.3 is 6.18 Å². The highest BCUT2D eigenvalue weighted by atomic mass is 19.4. The number of alkyl halides is 3. The number of hydrogen-bond donors (Lipinski definition) is 2. The quantitative estimate of drug-likeness (QED) is 0.547. The molecule has 0 saturated carbocycles. The molecule has 0 radical (unpaired) electrons. The second-order valence-electron chi connectivity index (χ2n) is 7.24. The van der Waals surface area contributed by atoms with Crippen LogP contribution in [0, 0.1) is 5.82 Å². The summed E-state index contributed by atoms with van der Waals surface area (Å²) in [5.41, 5.74) is 0.112. The Morgan fingerprint density at radius 3 is 2.63 bits per heavy atom. The number of aliphatic imine (C=N–C) groups is 1. The first kappa shape index (κ1) is 20.3.